The zero-order valence-electron chi connectivity index (χ0n) is 17.7. The summed E-state index contributed by atoms with van der Waals surface area (Å²) in [5.41, 5.74) is 0.248. The first-order valence-electron chi connectivity index (χ1n) is 10.6. The molecule has 0 aromatic heterocycles. The molecule has 140 valence electrons. The van der Waals surface area contributed by atoms with Gasteiger partial charge in [-0.15, -0.1) is 0 Å². The summed E-state index contributed by atoms with van der Waals surface area (Å²) in [5, 5.41) is 0. The molecule has 0 bridgehead atoms. The average Bonchev–Trinajstić information content (AvgIpc) is 2.57. The van der Waals surface area contributed by atoms with E-state index in [0.717, 1.165) is 6.42 Å². The Morgan fingerprint density at radius 3 is 1.67 bits per heavy atom. The standard InChI is InChI=1S/C10H16N.3C4H9.Sn/c1-5-10(4)7-6-9(2,3)8-11-10;3*1-3-4-2;/h6,8H,5H2,1-4H3;3*1,3-4H2,2H3;. The molecule has 0 saturated carbocycles. The van der Waals surface area contributed by atoms with E-state index in [1.54, 1.807) is 13.3 Å². The predicted octanol–water partition coefficient (Wildman–Crippen LogP) is 7.58. The van der Waals surface area contributed by atoms with Gasteiger partial charge >= 0.3 is 157 Å². The van der Waals surface area contributed by atoms with Crippen LogP contribution in [0.2, 0.25) is 13.3 Å². The molecule has 0 spiro atoms. The van der Waals surface area contributed by atoms with Gasteiger partial charge in [-0.2, -0.15) is 0 Å². The molecule has 1 unspecified atom stereocenters. The van der Waals surface area contributed by atoms with Crippen molar-refractivity contribution in [2.75, 3.05) is 0 Å². The minimum atomic E-state index is -2.39. The first-order valence-corrected chi connectivity index (χ1v) is 18.1. The quantitative estimate of drug-likeness (QED) is 0.294. The normalized spacial score (nSPS) is 23.4. The Morgan fingerprint density at radius 2 is 1.29 bits per heavy atom. The molecule has 1 nitrogen and oxygen atoms in total. The number of hydrogen-bond acceptors (Lipinski definition) is 1. The van der Waals surface area contributed by atoms with Gasteiger partial charge in [0.05, 0.1) is 0 Å². The molecule has 1 aliphatic heterocycles. The van der Waals surface area contributed by atoms with Crippen molar-refractivity contribution in [3.05, 3.63) is 9.67 Å². The summed E-state index contributed by atoms with van der Waals surface area (Å²) < 4.78 is 6.54. The number of rotatable bonds is 11. The van der Waals surface area contributed by atoms with Gasteiger partial charge < -0.3 is 0 Å². The number of allylic oxidation sites excluding steroid dienone is 1. The minimum absolute atomic E-state index is 0.0980. The van der Waals surface area contributed by atoms with Gasteiger partial charge in [0.1, 0.15) is 0 Å². The molecule has 0 radical (unpaired) electrons. The molecule has 2 heteroatoms. The maximum absolute atomic E-state index is 5.16. The summed E-state index contributed by atoms with van der Waals surface area (Å²) in [6, 6.07) is 0. The molecule has 0 amide bonds. The second-order valence-corrected chi connectivity index (χ2v) is 22.0. The molecule has 1 heterocycles. The van der Waals surface area contributed by atoms with E-state index in [-0.39, 0.29) is 11.0 Å². The van der Waals surface area contributed by atoms with Gasteiger partial charge in [0.15, 0.2) is 0 Å². The van der Waals surface area contributed by atoms with Gasteiger partial charge in [-0.25, -0.2) is 0 Å². The van der Waals surface area contributed by atoms with Crippen molar-refractivity contribution in [3.8, 4) is 0 Å². The Kier molecular flexibility index (Phi) is 9.07. The predicted molar refractivity (Wildman–Crippen MR) is 114 cm³/mol. The van der Waals surface area contributed by atoms with Gasteiger partial charge in [-0.3, -0.25) is 0 Å². The van der Waals surface area contributed by atoms with Crippen molar-refractivity contribution in [2.24, 2.45) is 10.4 Å². The van der Waals surface area contributed by atoms with E-state index in [1.165, 1.54) is 38.5 Å². The fourth-order valence-corrected chi connectivity index (χ4v) is 23.4. The van der Waals surface area contributed by atoms with E-state index in [2.05, 4.69) is 60.8 Å². The van der Waals surface area contributed by atoms with Crippen LogP contribution in [0.15, 0.2) is 14.7 Å². The van der Waals surface area contributed by atoms with E-state index in [4.69, 9.17) is 4.99 Å². The SMILES string of the molecule is CCC[CH2][Sn]([CH2]CCC)([CH2]CCC)[C]1=CC(C)(C)C=NC1(C)CC. The third kappa shape index (κ3) is 5.61. The first kappa shape index (κ1) is 22.3. The van der Waals surface area contributed by atoms with E-state index in [9.17, 15) is 0 Å². The molecular weight excluding hydrogens is 397 g/mol. The van der Waals surface area contributed by atoms with Crippen LogP contribution in [-0.2, 0) is 0 Å². The molecule has 0 aliphatic carbocycles. The summed E-state index contributed by atoms with van der Waals surface area (Å²) in [4.78, 5) is 5.16. The van der Waals surface area contributed by atoms with Gasteiger partial charge in [0, 0.05) is 0 Å². The van der Waals surface area contributed by atoms with Gasteiger partial charge in [0.25, 0.3) is 0 Å². The third-order valence-corrected chi connectivity index (χ3v) is 22.5. The molecule has 0 saturated heterocycles. The van der Waals surface area contributed by atoms with Crippen LogP contribution in [0.25, 0.3) is 0 Å². The van der Waals surface area contributed by atoms with E-state index >= 15 is 0 Å². The molecule has 24 heavy (non-hydrogen) atoms. The number of nitrogens with zero attached hydrogens (tertiary/aromatic N) is 1. The van der Waals surface area contributed by atoms with Crippen LogP contribution in [0.5, 0.6) is 0 Å². The fraction of sp³-hybridized carbons (Fsp3) is 0.864. The summed E-state index contributed by atoms with van der Waals surface area (Å²) in [7, 11) is 0. The Hall–Kier alpha value is 0.209. The molecule has 1 rings (SSSR count). The fourth-order valence-electron chi connectivity index (χ4n) is 4.27. The van der Waals surface area contributed by atoms with E-state index in [0.29, 0.717) is 0 Å². The van der Waals surface area contributed by atoms with Gasteiger partial charge in [-0.1, -0.05) is 0 Å². The van der Waals surface area contributed by atoms with Crippen molar-refractivity contribution >= 4 is 24.6 Å². The average molecular weight is 440 g/mol. The van der Waals surface area contributed by atoms with E-state index in [1.807, 2.05) is 3.59 Å². The number of unbranched alkanes of at least 4 members (excludes halogenated alkanes) is 3. The van der Waals surface area contributed by atoms with E-state index < -0.39 is 18.4 Å². The second-order valence-electron chi connectivity index (χ2n) is 8.86. The summed E-state index contributed by atoms with van der Waals surface area (Å²) in [6.07, 6.45) is 14.4. The molecule has 1 aliphatic rings. The summed E-state index contributed by atoms with van der Waals surface area (Å²) in [5.74, 6) is 0. The Balaban J connectivity index is 3.36. The first-order chi connectivity index (χ1) is 11.3. The van der Waals surface area contributed by atoms with Crippen LogP contribution < -0.4 is 0 Å². The van der Waals surface area contributed by atoms with Crippen molar-refractivity contribution in [1.82, 2.24) is 0 Å². The molecule has 0 fully saturated rings. The number of dihydropyridines is 1. The van der Waals surface area contributed by atoms with Crippen molar-refractivity contribution in [1.29, 1.82) is 0 Å². The van der Waals surface area contributed by atoms with Gasteiger partial charge in [-0.05, 0) is 0 Å². The molecule has 0 aromatic carbocycles. The second kappa shape index (κ2) is 9.78. The van der Waals surface area contributed by atoms with Crippen LogP contribution in [0.4, 0.5) is 0 Å². The topological polar surface area (TPSA) is 12.4 Å². The Morgan fingerprint density at radius 1 is 0.833 bits per heavy atom. The van der Waals surface area contributed by atoms with Crippen molar-refractivity contribution in [3.63, 3.8) is 0 Å². The third-order valence-electron chi connectivity index (χ3n) is 6.07. The number of aliphatic imine (C=N–C) groups is 1. The van der Waals surface area contributed by atoms with Crippen LogP contribution in [0, 0.1) is 5.41 Å². The van der Waals surface area contributed by atoms with Gasteiger partial charge in [0.2, 0.25) is 0 Å². The van der Waals surface area contributed by atoms with Crippen LogP contribution in [0.3, 0.4) is 0 Å². The summed E-state index contributed by atoms with van der Waals surface area (Å²) >= 11 is -2.39. The molecule has 1 atom stereocenters. The zero-order valence-corrected chi connectivity index (χ0v) is 20.5. The monoisotopic (exact) mass is 441 g/mol. The van der Waals surface area contributed by atoms with Crippen LogP contribution in [0.1, 0.15) is 93.4 Å². The van der Waals surface area contributed by atoms with Crippen molar-refractivity contribution in [2.45, 2.75) is 112 Å². The molecule has 0 aromatic rings. The van der Waals surface area contributed by atoms with Crippen molar-refractivity contribution < 1.29 is 0 Å². The van der Waals surface area contributed by atoms with Crippen LogP contribution >= 0.6 is 0 Å². The Labute approximate surface area is 156 Å². The van der Waals surface area contributed by atoms with Crippen LogP contribution in [-0.4, -0.2) is 30.1 Å². The zero-order chi connectivity index (χ0) is 18.3. The summed E-state index contributed by atoms with van der Waals surface area (Å²) in [6.45, 7) is 16.6. The molecular formula is C22H43NSn. The molecule has 0 N–H and O–H groups in total. The Bertz CT molecular complexity index is 413. The maximum atomic E-state index is 5.16. The number of hydrogen-bond donors (Lipinski definition) is 0.